The van der Waals surface area contributed by atoms with Crippen molar-refractivity contribution >= 4 is 11.9 Å². The minimum atomic E-state index is -0.525. The Hall–Kier alpha value is -1.92. The van der Waals surface area contributed by atoms with Gasteiger partial charge in [-0.2, -0.15) is 0 Å². The molecule has 0 saturated carbocycles. The lowest BCUT2D eigenvalue weighted by atomic mass is 10.3. The Labute approximate surface area is 92.8 Å². The highest BCUT2D eigenvalue weighted by Crippen LogP contribution is 2.05. The fourth-order valence-electron chi connectivity index (χ4n) is 1.11. The van der Waals surface area contributed by atoms with Gasteiger partial charge in [-0.1, -0.05) is 5.21 Å². The van der Waals surface area contributed by atoms with E-state index in [1.807, 2.05) is 0 Å². The summed E-state index contributed by atoms with van der Waals surface area (Å²) in [6, 6.07) is 0. The Kier molecular flexibility index (Phi) is 3.98. The fourth-order valence-corrected chi connectivity index (χ4v) is 1.11. The number of amides is 1. The van der Waals surface area contributed by atoms with E-state index in [1.54, 1.807) is 13.8 Å². The molecule has 1 heterocycles. The van der Waals surface area contributed by atoms with Crippen LogP contribution in [0.2, 0.25) is 0 Å². The molecular formula is C9H14N4O3. The van der Waals surface area contributed by atoms with Gasteiger partial charge in [-0.25, -0.2) is 9.48 Å². The summed E-state index contributed by atoms with van der Waals surface area (Å²) in [6.45, 7) is 3.69. The SMILES string of the molecule is CCOC(=O)c1nnn(CC(=O)NC)c1C. The number of hydrogen-bond acceptors (Lipinski definition) is 5. The van der Waals surface area contributed by atoms with E-state index >= 15 is 0 Å². The van der Waals surface area contributed by atoms with Crippen LogP contribution in [0.5, 0.6) is 0 Å². The summed E-state index contributed by atoms with van der Waals surface area (Å²) < 4.78 is 6.15. The largest absolute Gasteiger partial charge is 0.461 e. The van der Waals surface area contributed by atoms with Crippen molar-refractivity contribution in [2.24, 2.45) is 0 Å². The van der Waals surface area contributed by atoms with Crippen LogP contribution in [0.25, 0.3) is 0 Å². The van der Waals surface area contributed by atoms with Crippen LogP contribution in [0.1, 0.15) is 23.1 Å². The van der Waals surface area contributed by atoms with E-state index in [-0.39, 0.29) is 24.8 Å². The molecule has 88 valence electrons. The fraction of sp³-hybridized carbons (Fsp3) is 0.556. The van der Waals surface area contributed by atoms with Crippen molar-refractivity contribution in [2.45, 2.75) is 20.4 Å². The summed E-state index contributed by atoms with van der Waals surface area (Å²) >= 11 is 0. The number of aromatic nitrogens is 3. The molecule has 1 aromatic rings. The average molecular weight is 226 g/mol. The Balaban J connectivity index is 2.84. The lowest BCUT2D eigenvalue weighted by molar-refractivity contribution is -0.121. The van der Waals surface area contributed by atoms with Crippen molar-refractivity contribution in [3.05, 3.63) is 11.4 Å². The van der Waals surface area contributed by atoms with E-state index in [9.17, 15) is 9.59 Å². The number of hydrogen-bond donors (Lipinski definition) is 1. The number of esters is 1. The van der Waals surface area contributed by atoms with Gasteiger partial charge in [-0.3, -0.25) is 4.79 Å². The average Bonchev–Trinajstić information content (AvgIpc) is 2.61. The topological polar surface area (TPSA) is 86.1 Å². The lowest BCUT2D eigenvalue weighted by Crippen LogP contribution is -2.24. The molecule has 0 spiro atoms. The van der Waals surface area contributed by atoms with Crippen LogP contribution in [0, 0.1) is 6.92 Å². The van der Waals surface area contributed by atoms with Gasteiger partial charge in [0.2, 0.25) is 5.91 Å². The number of nitrogens with zero attached hydrogens (tertiary/aromatic N) is 3. The summed E-state index contributed by atoms with van der Waals surface area (Å²) in [5.41, 5.74) is 0.660. The molecule has 0 fully saturated rings. The summed E-state index contributed by atoms with van der Waals surface area (Å²) in [4.78, 5) is 22.5. The Morgan fingerprint density at radius 1 is 1.50 bits per heavy atom. The number of rotatable bonds is 4. The molecule has 0 unspecified atom stereocenters. The molecular weight excluding hydrogens is 212 g/mol. The first kappa shape index (κ1) is 12.2. The molecule has 0 aliphatic carbocycles. The smallest absolute Gasteiger partial charge is 0.360 e. The van der Waals surface area contributed by atoms with Crippen molar-refractivity contribution < 1.29 is 14.3 Å². The van der Waals surface area contributed by atoms with E-state index in [4.69, 9.17) is 4.74 Å². The van der Waals surface area contributed by atoms with E-state index in [0.29, 0.717) is 5.69 Å². The molecule has 0 aliphatic heterocycles. The molecule has 0 aromatic carbocycles. The predicted molar refractivity (Wildman–Crippen MR) is 54.8 cm³/mol. The van der Waals surface area contributed by atoms with Crippen LogP contribution in [0.4, 0.5) is 0 Å². The predicted octanol–water partition coefficient (Wildman–Crippen LogP) is -0.491. The minimum Gasteiger partial charge on any atom is -0.461 e. The van der Waals surface area contributed by atoms with Gasteiger partial charge in [0.25, 0.3) is 0 Å². The maximum absolute atomic E-state index is 11.4. The molecule has 16 heavy (non-hydrogen) atoms. The molecule has 1 amide bonds. The van der Waals surface area contributed by atoms with Crippen LogP contribution < -0.4 is 5.32 Å². The van der Waals surface area contributed by atoms with Crippen molar-refractivity contribution in [1.29, 1.82) is 0 Å². The zero-order valence-electron chi connectivity index (χ0n) is 9.48. The Morgan fingerprint density at radius 2 is 2.19 bits per heavy atom. The third-order valence-electron chi connectivity index (χ3n) is 2.02. The molecule has 0 aliphatic rings. The maximum atomic E-state index is 11.4. The van der Waals surface area contributed by atoms with Gasteiger partial charge >= 0.3 is 5.97 Å². The normalized spacial score (nSPS) is 9.94. The van der Waals surface area contributed by atoms with Gasteiger partial charge in [0, 0.05) is 7.05 Å². The third kappa shape index (κ3) is 2.56. The third-order valence-corrected chi connectivity index (χ3v) is 2.02. The number of carbonyl (C=O) groups is 2. The molecule has 7 nitrogen and oxygen atoms in total. The number of ether oxygens (including phenoxy) is 1. The highest BCUT2D eigenvalue weighted by molar-refractivity contribution is 5.88. The first-order valence-corrected chi connectivity index (χ1v) is 4.88. The van der Waals surface area contributed by atoms with E-state index < -0.39 is 5.97 Å². The Morgan fingerprint density at radius 3 is 2.75 bits per heavy atom. The molecule has 1 N–H and O–H groups in total. The van der Waals surface area contributed by atoms with E-state index in [2.05, 4.69) is 15.6 Å². The van der Waals surface area contributed by atoms with Crippen molar-refractivity contribution in [3.63, 3.8) is 0 Å². The standard InChI is InChI=1S/C9H14N4O3/c1-4-16-9(15)8-6(2)13(12-11-8)5-7(14)10-3/h4-5H2,1-3H3,(H,10,14). The summed E-state index contributed by atoms with van der Waals surface area (Å²) in [5.74, 6) is -0.730. The first-order valence-electron chi connectivity index (χ1n) is 4.88. The lowest BCUT2D eigenvalue weighted by Gasteiger charge is -2.02. The minimum absolute atomic E-state index is 0.0364. The second-order valence-corrected chi connectivity index (χ2v) is 3.07. The second kappa shape index (κ2) is 5.24. The van der Waals surface area contributed by atoms with Crippen LogP contribution in [-0.2, 0) is 16.1 Å². The number of nitrogens with one attached hydrogen (secondary N) is 1. The summed E-state index contributed by atoms with van der Waals surface area (Å²) in [7, 11) is 1.53. The van der Waals surface area contributed by atoms with Crippen molar-refractivity contribution in [1.82, 2.24) is 20.3 Å². The Bertz CT molecular complexity index is 399. The maximum Gasteiger partial charge on any atom is 0.360 e. The molecule has 0 saturated heterocycles. The quantitative estimate of drug-likeness (QED) is 0.700. The van der Waals surface area contributed by atoms with Gasteiger partial charge < -0.3 is 10.1 Å². The monoisotopic (exact) mass is 226 g/mol. The molecule has 0 radical (unpaired) electrons. The van der Waals surface area contributed by atoms with Crippen LogP contribution in [0.3, 0.4) is 0 Å². The van der Waals surface area contributed by atoms with Gasteiger partial charge in [0.05, 0.1) is 12.3 Å². The highest BCUT2D eigenvalue weighted by atomic mass is 16.5. The molecule has 7 heteroatoms. The second-order valence-electron chi connectivity index (χ2n) is 3.07. The van der Waals surface area contributed by atoms with Crippen molar-refractivity contribution in [2.75, 3.05) is 13.7 Å². The number of likely N-dealkylation sites (N-methyl/N-ethyl adjacent to an activating group) is 1. The highest BCUT2D eigenvalue weighted by Gasteiger charge is 2.18. The van der Waals surface area contributed by atoms with Crippen LogP contribution >= 0.6 is 0 Å². The zero-order valence-corrected chi connectivity index (χ0v) is 9.48. The van der Waals surface area contributed by atoms with Gasteiger partial charge in [-0.05, 0) is 13.8 Å². The van der Waals surface area contributed by atoms with Crippen LogP contribution in [-0.4, -0.2) is 40.5 Å². The molecule has 1 aromatic heterocycles. The van der Waals surface area contributed by atoms with Gasteiger partial charge in [0.15, 0.2) is 5.69 Å². The number of carbonyl (C=O) groups excluding carboxylic acids is 2. The molecule has 1 rings (SSSR count). The summed E-state index contributed by atoms with van der Waals surface area (Å²) in [5, 5.41) is 9.85. The van der Waals surface area contributed by atoms with Crippen LogP contribution in [0.15, 0.2) is 0 Å². The summed E-state index contributed by atoms with van der Waals surface area (Å²) in [6.07, 6.45) is 0. The van der Waals surface area contributed by atoms with Crippen molar-refractivity contribution in [3.8, 4) is 0 Å². The van der Waals surface area contributed by atoms with E-state index in [0.717, 1.165) is 0 Å². The first-order chi connectivity index (χ1) is 7.60. The molecule has 0 bridgehead atoms. The van der Waals surface area contributed by atoms with Gasteiger partial charge in [0.1, 0.15) is 6.54 Å². The molecule has 0 atom stereocenters. The van der Waals surface area contributed by atoms with Gasteiger partial charge in [-0.15, -0.1) is 5.10 Å². The zero-order chi connectivity index (χ0) is 12.1. The van der Waals surface area contributed by atoms with E-state index in [1.165, 1.54) is 11.7 Å².